The summed E-state index contributed by atoms with van der Waals surface area (Å²) in [5, 5.41) is 2.66. The highest BCUT2D eigenvalue weighted by Crippen LogP contribution is 2.16. The Bertz CT molecular complexity index is 511. The number of hydrogen-bond donors (Lipinski definition) is 2. The van der Waals surface area contributed by atoms with Crippen LogP contribution in [0.5, 0.6) is 5.75 Å². The van der Waals surface area contributed by atoms with E-state index in [1.165, 1.54) is 0 Å². The van der Waals surface area contributed by atoms with Gasteiger partial charge in [0.2, 0.25) is 11.9 Å². The Hall–Kier alpha value is -1.82. The van der Waals surface area contributed by atoms with Crippen LogP contribution in [0.25, 0.3) is 0 Å². The van der Waals surface area contributed by atoms with E-state index in [2.05, 4.69) is 31.2 Å². The van der Waals surface area contributed by atoms with Crippen molar-refractivity contribution >= 4 is 27.8 Å². The molecule has 5 nitrogen and oxygen atoms in total. The minimum Gasteiger partial charge on any atom is -0.494 e. The Balaban J connectivity index is 1.64. The zero-order valence-electron chi connectivity index (χ0n) is 10.2. The van der Waals surface area contributed by atoms with Gasteiger partial charge < -0.3 is 9.72 Å². The Kier molecular flexibility index (Phi) is 4.97. The van der Waals surface area contributed by atoms with Crippen LogP contribution in [0.2, 0.25) is 0 Å². The molecule has 0 aliphatic heterocycles. The maximum absolute atomic E-state index is 11.5. The van der Waals surface area contributed by atoms with E-state index in [1.807, 2.05) is 24.3 Å². The second-order valence-corrected chi connectivity index (χ2v) is 4.81. The fraction of sp³-hybridized carbons (Fsp3) is 0.231. The highest BCUT2D eigenvalue weighted by molar-refractivity contribution is 9.10. The molecule has 0 unspecified atom stereocenters. The number of aromatic nitrogens is 2. The molecule has 0 atom stereocenters. The zero-order chi connectivity index (χ0) is 13.5. The van der Waals surface area contributed by atoms with Crippen LogP contribution in [0.3, 0.4) is 0 Å². The number of aromatic amines is 1. The lowest BCUT2D eigenvalue weighted by Gasteiger charge is -2.06. The van der Waals surface area contributed by atoms with E-state index >= 15 is 0 Å². The Morgan fingerprint density at radius 3 is 2.84 bits per heavy atom. The number of benzene rings is 1. The molecule has 0 bridgehead atoms. The number of nitrogens with zero attached hydrogens (tertiary/aromatic N) is 1. The molecule has 2 aromatic rings. The molecule has 0 saturated heterocycles. The number of carbonyl (C=O) groups excluding carboxylic acids is 1. The van der Waals surface area contributed by atoms with Gasteiger partial charge in [-0.1, -0.05) is 15.9 Å². The topological polar surface area (TPSA) is 67.0 Å². The van der Waals surface area contributed by atoms with Crippen LogP contribution in [0.15, 0.2) is 41.1 Å². The SMILES string of the molecule is O=C(CCCOc1ccc(Br)cc1)Nc1ncc[nH]1. The van der Waals surface area contributed by atoms with Gasteiger partial charge in [-0.3, -0.25) is 10.1 Å². The zero-order valence-corrected chi connectivity index (χ0v) is 11.8. The van der Waals surface area contributed by atoms with Crippen molar-refractivity contribution in [3.8, 4) is 5.75 Å². The minimum atomic E-state index is -0.0747. The molecule has 0 radical (unpaired) electrons. The Morgan fingerprint density at radius 1 is 1.37 bits per heavy atom. The van der Waals surface area contributed by atoms with Crippen LogP contribution < -0.4 is 10.1 Å². The monoisotopic (exact) mass is 323 g/mol. The standard InChI is InChI=1S/C13H14BrN3O2/c14-10-3-5-11(6-4-10)19-9-1-2-12(18)17-13-15-7-8-16-13/h3-8H,1-2,9H2,(H2,15,16,17,18). The van der Waals surface area contributed by atoms with Crippen molar-refractivity contribution in [2.24, 2.45) is 0 Å². The lowest BCUT2D eigenvalue weighted by Crippen LogP contribution is -2.13. The molecule has 19 heavy (non-hydrogen) atoms. The fourth-order valence-corrected chi connectivity index (χ4v) is 1.75. The van der Waals surface area contributed by atoms with Crippen LogP contribution >= 0.6 is 15.9 Å². The molecule has 1 aromatic carbocycles. The van der Waals surface area contributed by atoms with Crippen molar-refractivity contribution in [3.05, 3.63) is 41.1 Å². The number of imidazole rings is 1. The molecule has 1 aromatic heterocycles. The van der Waals surface area contributed by atoms with Crippen molar-refractivity contribution in [3.63, 3.8) is 0 Å². The van der Waals surface area contributed by atoms with Gasteiger partial charge in [0.05, 0.1) is 6.61 Å². The number of amides is 1. The molecule has 6 heteroatoms. The summed E-state index contributed by atoms with van der Waals surface area (Å²) in [6.45, 7) is 0.507. The van der Waals surface area contributed by atoms with Crippen LogP contribution in [-0.2, 0) is 4.79 Å². The molecule has 1 amide bonds. The minimum absolute atomic E-state index is 0.0747. The number of H-pyrrole nitrogens is 1. The van der Waals surface area contributed by atoms with Crippen molar-refractivity contribution in [1.82, 2.24) is 9.97 Å². The number of ether oxygens (including phenoxy) is 1. The highest BCUT2D eigenvalue weighted by Gasteiger charge is 2.03. The Labute approximate surface area is 119 Å². The third-order valence-corrected chi connectivity index (χ3v) is 2.92. The normalized spacial score (nSPS) is 10.2. The fourth-order valence-electron chi connectivity index (χ4n) is 1.48. The van der Waals surface area contributed by atoms with E-state index in [9.17, 15) is 4.79 Å². The van der Waals surface area contributed by atoms with E-state index < -0.39 is 0 Å². The van der Waals surface area contributed by atoms with E-state index in [0.29, 0.717) is 25.4 Å². The average Bonchev–Trinajstić information content (AvgIpc) is 2.89. The number of hydrogen-bond acceptors (Lipinski definition) is 3. The van der Waals surface area contributed by atoms with Gasteiger partial charge in [-0.25, -0.2) is 4.98 Å². The van der Waals surface area contributed by atoms with E-state index in [4.69, 9.17) is 4.74 Å². The first-order chi connectivity index (χ1) is 9.24. The third kappa shape index (κ3) is 4.75. The molecule has 0 aliphatic carbocycles. The number of halogens is 1. The smallest absolute Gasteiger partial charge is 0.226 e. The number of rotatable bonds is 6. The maximum atomic E-state index is 11.5. The second-order valence-electron chi connectivity index (χ2n) is 3.89. The van der Waals surface area contributed by atoms with E-state index in [1.54, 1.807) is 12.4 Å². The van der Waals surface area contributed by atoms with E-state index in [0.717, 1.165) is 10.2 Å². The van der Waals surface area contributed by atoms with Crippen LogP contribution in [-0.4, -0.2) is 22.5 Å². The van der Waals surface area contributed by atoms with Crippen molar-refractivity contribution in [2.45, 2.75) is 12.8 Å². The first-order valence-electron chi connectivity index (χ1n) is 5.91. The molecule has 0 saturated carbocycles. The summed E-state index contributed by atoms with van der Waals surface area (Å²) in [5.74, 6) is 1.20. The van der Waals surface area contributed by atoms with Crippen molar-refractivity contribution in [1.29, 1.82) is 0 Å². The van der Waals surface area contributed by atoms with Gasteiger partial charge in [0, 0.05) is 23.3 Å². The highest BCUT2D eigenvalue weighted by atomic mass is 79.9. The Morgan fingerprint density at radius 2 is 2.16 bits per heavy atom. The van der Waals surface area contributed by atoms with Gasteiger partial charge >= 0.3 is 0 Å². The first-order valence-corrected chi connectivity index (χ1v) is 6.71. The molecular formula is C13H14BrN3O2. The van der Waals surface area contributed by atoms with Gasteiger partial charge in [0.1, 0.15) is 5.75 Å². The quantitative estimate of drug-likeness (QED) is 0.803. The second kappa shape index (κ2) is 6.94. The predicted octanol–water partition coefficient (Wildman–Crippen LogP) is 2.97. The molecule has 2 rings (SSSR count). The molecule has 0 fully saturated rings. The molecule has 100 valence electrons. The summed E-state index contributed by atoms with van der Waals surface area (Å²) in [4.78, 5) is 18.3. The molecule has 1 heterocycles. The summed E-state index contributed by atoms with van der Waals surface area (Å²) in [5.41, 5.74) is 0. The maximum Gasteiger partial charge on any atom is 0.226 e. The summed E-state index contributed by atoms with van der Waals surface area (Å²) in [6, 6.07) is 7.60. The van der Waals surface area contributed by atoms with E-state index in [-0.39, 0.29) is 5.91 Å². The number of nitrogens with one attached hydrogen (secondary N) is 2. The number of anilines is 1. The summed E-state index contributed by atoms with van der Waals surface area (Å²) < 4.78 is 6.53. The lowest BCUT2D eigenvalue weighted by atomic mass is 10.3. The van der Waals surface area contributed by atoms with Crippen LogP contribution in [0.1, 0.15) is 12.8 Å². The lowest BCUT2D eigenvalue weighted by molar-refractivity contribution is -0.116. The van der Waals surface area contributed by atoms with Gasteiger partial charge in [0.25, 0.3) is 0 Å². The van der Waals surface area contributed by atoms with Gasteiger partial charge in [-0.15, -0.1) is 0 Å². The molecule has 0 aliphatic rings. The summed E-state index contributed by atoms with van der Waals surface area (Å²) in [7, 11) is 0. The average molecular weight is 324 g/mol. The van der Waals surface area contributed by atoms with Crippen molar-refractivity contribution < 1.29 is 9.53 Å². The first kappa shape index (κ1) is 13.6. The summed E-state index contributed by atoms with van der Waals surface area (Å²) in [6.07, 6.45) is 4.30. The van der Waals surface area contributed by atoms with Crippen LogP contribution in [0.4, 0.5) is 5.95 Å². The van der Waals surface area contributed by atoms with Crippen molar-refractivity contribution in [2.75, 3.05) is 11.9 Å². The number of carbonyl (C=O) groups is 1. The third-order valence-electron chi connectivity index (χ3n) is 2.39. The predicted molar refractivity (Wildman–Crippen MR) is 76.1 cm³/mol. The molecule has 0 spiro atoms. The molecule has 2 N–H and O–H groups in total. The largest absolute Gasteiger partial charge is 0.494 e. The van der Waals surface area contributed by atoms with Gasteiger partial charge in [-0.05, 0) is 30.7 Å². The molecular weight excluding hydrogens is 310 g/mol. The van der Waals surface area contributed by atoms with Gasteiger partial charge in [-0.2, -0.15) is 0 Å². The van der Waals surface area contributed by atoms with Gasteiger partial charge in [0.15, 0.2) is 0 Å². The summed E-state index contributed by atoms with van der Waals surface area (Å²) >= 11 is 3.36. The van der Waals surface area contributed by atoms with Crippen LogP contribution in [0, 0.1) is 0 Å².